The molecule has 0 N–H and O–H groups in total. The van der Waals surface area contributed by atoms with Gasteiger partial charge in [0, 0.05) is 3.57 Å². The van der Waals surface area contributed by atoms with Gasteiger partial charge in [0.05, 0.1) is 18.3 Å². The fraction of sp³-hybridized carbons (Fsp3) is 0.100. The van der Waals surface area contributed by atoms with E-state index in [1.54, 1.807) is 0 Å². The van der Waals surface area contributed by atoms with Gasteiger partial charge in [-0.25, -0.2) is 18.0 Å². The van der Waals surface area contributed by atoms with E-state index >= 15 is 0 Å². The van der Waals surface area contributed by atoms with Crippen molar-refractivity contribution in [3.05, 3.63) is 70.4 Å². The van der Waals surface area contributed by atoms with Gasteiger partial charge in [-0.3, -0.25) is 0 Å². The smallest absolute Gasteiger partial charge is 0.367 e. The second kappa shape index (κ2) is 10.2. The number of alkyl halides is 2. The van der Waals surface area contributed by atoms with Crippen molar-refractivity contribution >= 4 is 101 Å². The summed E-state index contributed by atoms with van der Waals surface area (Å²) in [6.45, 7) is -1.89. The van der Waals surface area contributed by atoms with Crippen LogP contribution in [-0.2, 0) is 14.9 Å². The first-order valence-electron chi connectivity index (χ1n) is 8.69. The highest BCUT2D eigenvalue weighted by atomic mass is 127. The molecule has 3 aromatic carbocycles. The third-order valence-corrected chi connectivity index (χ3v) is 7.28. The van der Waals surface area contributed by atoms with Gasteiger partial charge in [0.2, 0.25) is 0 Å². The van der Waals surface area contributed by atoms with Crippen LogP contribution in [0.2, 0.25) is 0 Å². The van der Waals surface area contributed by atoms with E-state index < -0.39 is 33.9 Å². The number of rotatable bonds is 6. The van der Waals surface area contributed by atoms with Gasteiger partial charge in [0.1, 0.15) is 0 Å². The Labute approximate surface area is 227 Å². The average molecular weight is 813 g/mol. The van der Waals surface area contributed by atoms with Crippen LogP contribution < -0.4 is 4.74 Å². The SMILES string of the molecule is O=C(OCC(F)(F)S(=O)(=O)[O-])c1ccc2cc(C(=O)Oc3c(I)cc(I)cc3I)ccc2c1. The maximum atomic E-state index is 13.2. The molecular formula is C20H10F2I3O7S-. The van der Waals surface area contributed by atoms with Crippen LogP contribution in [0.25, 0.3) is 10.8 Å². The number of hydrogen-bond acceptors (Lipinski definition) is 7. The monoisotopic (exact) mass is 813 g/mol. The molecule has 0 amide bonds. The Bertz CT molecular complexity index is 1350. The molecule has 0 saturated heterocycles. The van der Waals surface area contributed by atoms with E-state index in [0.29, 0.717) is 16.5 Å². The Kier molecular flexibility index (Phi) is 8.17. The van der Waals surface area contributed by atoms with E-state index in [9.17, 15) is 31.3 Å². The predicted molar refractivity (Wildman–Crippen MR) is 138 cm³/mol. The van der Waals surface area contributed by atoms with Crippen molar-refractivity contribution in [3.63, 3.8) is 0 Å². The van der Waals surface area contributed by atoms with Gasteiger partial charge in [0.25, 0.3) is 0 Å². The summed E-state index contributed by atoms with van der Waals surface area (Å²) in [5.74, 6) is -1.37. The normalized spacial score (nSPS) is 11.9. The predicted octanol–water partition coefficient (Wildman–Crippen LogP) is 5.17. The molecule has 0 aromatic heterocycles. The van der Waals surface area contributed by atoms with Crippen molar-refractivity contribution in [2.24, 2.45) is 0 Å². The summed E-state index contributed by atoms with van der Waals surface area (Å²) in [7, 11) is -5.96. The van der Waals surface area contributed by atoms with Gasteiger partial charge >= 0.3 is 17.2 Å². The van der Waals surface area contributed by atoms with Crippen LogP contribution in [0, 0.1) is 10.7 Å². The van der Waals surface area contributed by atoms with Crippen molar-refractivity contribution in [1.29, 1.82) is 0 Å². The van der Waals surface area contributed by atoms with Crippen LogP contribution in [-0.4, -0.2) is 36.8 Å². The van der Waals surface area contributed by atoms with E-state index in [1.165, 1.54) is 36.4 Å². The lowest BCUT2D eigenvalue weighted by molar-refractivity contribution is -0.00996. The molecule has 0 fully saturated rings. The first-order chi connectivity index (χ1) is 15.3. The molecular weight excluding hydrogens is 803 g/mol. The van der Waals surface area contributed by atoms with E-state index in [2.05, 4.69) is 72.5 Å². The third kappa shape index (κ3) is 6.29. The number of ether oxygens (including phenoxy) is 2. The molecule has 7 nitrogen and oxygen atoms in total. The summed E-state index contributed by atoms with van der Waals surface area (Å²) in [5, 5.41) is -3.69. The minimum Gasteiger partial charge on any atom is -0.743 e. The standard InChI is InChI=1S/C20H11F2I3O7S/c21-20(22,33(28,29)30)9-31-18(26)12-3-1-11-6-13(4-2-10(11)5-12)19(27)32-17-15(24)7-14(23)8-16(17)25/h1-8H,9H2,(H,28,29,30)/p-1. The van der Waals surface area contributed by atoms with Crippen LogP contribution in [0.3, 0.4) is 0 Å². The molecule has 0 aliphatic carbocycles. The molecule has 0 heterocycles. The molecule has 0 saturated carbocycles. The Balaban J connectivity index is 1.78. The zero-order chi connectivity index (χ0) is 24.6. The molecule has 3 rings (SSSR count). The summed E-state index contributed by atoms with van der Waals surface area (Å²) >= 11 is 6.31. The highest BCUT2D eigenvalue weighted by molar-refractivity contribution is 14.1. The van der Waals surface area contributed by atoms with Crippen molar-refractivity contribution < 1.29 is 40.8 Å². The Morgan fingerprint density at radius 1 is 0.879 bits per heavy atom. The molecule has 0 spiro atoms. The fourth-order valence-corrected chi connectivity index (χ4v) is 6.59. The van der Waals surface area contributed by atoms with Crippen LogP contribution >= 0.6 is 67.8 Å². The molecule has 13 heteroatoms. The number of benzene rings is 3. The zero-order valence-corrected chi connectivity index (χ0v) is 23.3. The Morgan fingerprint density at radius 3 is 1.85 bits per heavy atom. The van der Waals surface area contributed by atoms with E-state index in [1.807, 2.05) is 12.1 Å². The summed E-state index contributed by atoms with van der Waals surface area (Å²) in [6, 6.07) is 12.3. The van der Waals surface area contributed by atoms with Crippen molar-refractivity contribution in [3.8, 4) is 5.75 Å². The highest BCUT2D eigenvalue weighted by Crippen LogP contribution is 2.30. The molecule has 0 aliphatic rings. The lowest BCUT2D eigenvalue weighted by atomic mass is 10.0. The molecule has 0 bridgehead atoms. The van der Waals surface area contributed by atoms with Crippen LogP contribution in [0.15, 0.2) is 48.5 Å². The summed E-state index contributed by atoms with van der Waals surface area (Å²) in [5.41, 5.74) is 0.114. The number of halogens is 5. The third-order valence-electron chi connectivity index (χ3n) is 4.21. The van der Waals surface area contributed by atoms with Crippen molar-refractivity contribution in [1.82, 2.24) is 0 Å². The van der Waals surface area contributed by atoms with E-state index in [4.69, 9.17) is 4.74 Å². The van der Waals surface area contributed by atoms with Gasteiger partial charge in [-0.15, -0.1) is 0 Å². The number of esters is 2. The minimum absolute atomic E-state index is 0.139. The first-order valence-corrected chi connectivity index (χ1v) is 13.3. The lowest BCUT2D eigenvalue weighted by Gasteiger charge is -2.19. The topological polar surface area (TPSA) is 110 Å². The van der Waals surface area contributed by atoms with Gasteiger partial charge in [-0.1, -0.05) is 12.1 Å². The molecule has 174 valence electrons. The Hall–Kier alpha value is -1.18. The highest BCUT2D eigenvalue weighted by Gasteiger charge is 2.39. The summed E-state index contributed by atoms with van der Waals surface area (Å²) < 4.78 is 70.2. The van der Waals surface area contributed by atoms with Crippen molar-refractivity contribution in [2.75, 3.05) is 6.61 Å². The Morgan fingerprint density at radius 2 is 1.36 bits per heavy atom. The number of carbonyl (C=O) groups is 2. The van der Waals surface area contributed by atoms with Gasteiger partial charge in [-0.2, -0.15) is 8.78 Å². The molecule has 0 aliphatic heterocycles. The second-order valence-electron chi connectivity index (χ2n) is 6.53. The lowest BCUT2D eigenvalue weighted by Crippen LogP contribution is -2.34. The first kappa shape index (κ1) is 26.4. The summed E-state index contributed by atoms with van der Waals surface area (Å²) in [4.78, 5) is 24.6. The number of fused-ring (bicyclic) bond motifs is 1. The minimum atomic E-state index is -5.96. The maximum Gasteiger partial charge on any atom is 0.367 e. The fourth-order valence-electron chi connectivity index (χ4n) is 2.58. The summed E-state index contributed by atoms with van der Waals surface area (Å²) in [6.07, 6.45) is 0. The van der Waals surface area contributed by atoms with Crippen LogP contribution in [0.4, 0.5) is 8.78 Å². The molecule has 0 unspecified atom stereocenters. The van der Waals surface area contributed by atoms with Gasteiger partial charge in [-0.05, 0) is 115 Å². The molecule has 33 heavy (non-hydrogen) atoms. The van der Waals surface area contributed by atoms with Gasteiger partial charge < -0.3 is 14.0 Å². The average Bonchev–Trinajstić information content (AvgIpc) is 2.72. The van der Waals surface area contributed by atoms with Gasteiger partial charge in [0.15, 0.2) is 22.5 Å². The largest absolute Gasteiger partial charge is 0.743 e. The second-order valence-corrected chi connectivity index (χ2v) is 11.6. The quantitative estimate of drug-likeness (QED) is 0.146. The van der Waals surface area contributed by atoms with E-state index in [-0.39, 0.29) is 11.1 Å². The van der Waals surface area contributed by atoms with Crippen LogP contribution in [0.5, 0.6) is 5.75 Å². The van der Waals surface area contributed by atoms with Crippen molar-refractivity contribution in [2.45, 2.75) is 5.25 Å². The van der Waals surface area contributed by atoms with Crippen LogP contribution in [0.1, 0.15) is 20.7 Å². The van der Waals surface area contributed by atoms with E-state index in [0.717, 1.165) is 10.7 Å². The molecule has 3 aromatic rings. The zero-order valence-electron chi connectivity index (χ0n) is 16.0. The number of carbonyl (C=O) groups excluding carboxylic acids is 2. The molecule has 0 atom stereocenters. The maximum absolute atomic E-state index is 13.2. The molecule has 0 radical (unpaired) electrons. The number of hydrogen-bond donors (Lipinski definition) is 0.